The maximum absolute atomic E-state index is 12.7. The molecule has 0 radical (unpaired) electrons. The third kappa shape index (κ3) is 5.76. The first-order valence-electron chi connectivity index (χ1n) is 10.8. The zero-order valence-corrected chi connectivity index (χ0v) is 19.1. The van der Waals surface area contributed by atoms with Gasteiger partial charge in [-0.3, -0.25) is 9.59 Å². The molecule has 0 saturated carbocycles. The molecule has 0 aliphatic carbocycles. The number of carbonyl (C=O) groups excluding carboxylic acids is 2. The molecule has 0 atom stereocenters. The molecule has 1 N–H and O–H groups in total. The van der Waals surface area contributed by atoms with Crippen molar-refractivity contribution in [1.29, 1.82) is 0 Å². The number of carbonyl (C=O) groups is 2. The van der Waals surface area contributed by atoms with E-state index in [0.29, 0.717) is 17.0 Å². The number of nitrogens with zero attached hydrogens (tertiary/aromatic N) is 1. The Morgan fingerprint density at radius 1 is 0.906 bits per heavy atom. The summed E-state index contributed by atoms with van der Waals surface area (Å²) < 4.78 is 5.61. The van der Waals surface area contributed by atoms with Gasteiger partial charge in [0.1, 0.15) is 5.75 Å². The number of para-hydroxylation sites is 1. The number of hydrogen-bond acceptors (Lipinski definition) is 3. The number of amides is 2. The quantitative estimate of drug-likeness (QED) is 0.501. The van der Waals surface area contributed by atoms with E-state index < -0.39 is 0 Å². The third-order valence-electron chi connectivity index (χ3n) is 5.75. The Morgan fingerprint density at radius 3 is 2.12 bits per heavy atom. The fourth-order valence-corrected chi connectivity index (χ4v) is 3.21. The topological polar surface area (TPSA) is 58.6 Å². The highest BCUT2D eigenvalue weighted by molar-refractivity contribution is 6.06. The van der Waals surface area contributed by atoms with Gasteiger partial charge in [0.2, 0.25) is 0 Å². The van der Waals surface area contributed by atoms with Crippen LogP contribution in [0.5, 0.6) is 5.75 Å². The molecule has 3 aromatic carbocycles. The molecule has 3 rings (SSSR count). The van der Waals surface area contributed by atoms with E-state index in [2.05, 4.69) is 26.1 Å². The van der Waals surface area contributed by atoms with Gasteiger partial charge in [-0.05, 0) is 65.9 Å². The van der Waals surface area contributed by atoms with E-state index >= 15 is 0 Å². The largest absolute Gasteiger partial charge is 0.484 e. The van der Waals surface area contributed by atoms with Crippen LogP contribution < -0.4 is 15.0 Å². The molecule has 0 fully saturated rings. The average molecular weight is 431 g/mol. The Kier molecular flexibility index (Phi) is 7.31. The van der Waals surface area contributed by atoms with Crippen molar-refractivity contribution in [2.24, 2.45) is 0 Å². The maximum atomic E-state index is 12.7. The van der Waals surface area contributed by atoms with Crippen LogP contribution in [0.15, 0.2) is 78.9 Å². The molecule has 0 saturated heterocycles. The van der Waals surface area contributed by atoms with E-state index in [4.69, 9.17) is 4.74 Å². The Morgan fingerprint density at radius 2 is 1.53 bits per heavy atom. The van der Waals surface area contributed by atoms with E-state index in [1.807, 2.05) is 54.6 Å². The number of ether oxygens (including phenoxy) is 1. The minimum atomic E-state index is -0.261. The maximum Gasteiger partial charge on any atom is 0.262 e. The smallest absolute Gasteiger partial charge is 0.262 e. The third-order valence-corrected chi connectivity index (χ3v) is 5.75. The summed E-state index contributed by atoms with van der Waals surface area (Å²) in [5, 5.41) is 2.80. The molecular weight excluding hydrogens is 400 g/mol. The first-order chi connectivity index (χ1) is 15.3. The molecule has 5 nitrogen and oxygen atoms in total. The predicted octanol–water partition coefficient (Wildman–Crippen LogP) is 5.67. The Bertz CT molecular complexity index is 1040. The lowest BCUT2D eigenvalue weighted by Gasteiger charge is -2.23. The van der Waals surface area contributed by atoms with Crippen molar-refractivity contribution >= 4 is 23.2 Å². The van der Waals surface area contributed by atoms with Crippen LogP contribution in [-0.2, 0) is 10.2 Å². The molecule has 166 valence electrons. The second-order valence-electron chi connectivity index (χ2n) is 8.38. The van der Waals surface area contributed by atoms with E-state index in [1.54, 1.807) is 36.2 Å². The fraction of sp³-hybridized carbons (Fsp3) is 0.259. The molecule has 0 aliphatic heterocycles. The van der Waals surface area contributed by atoms with Crippen LogP contribution in [0.2, 0.25) is 0 Å². The van der Waals surface area contributed by atoms with Crippen molar-refractivity contribution < 1.29 is 14.3 Å². The molecule has 3 aromatic rings. The van der Waals surface area contributed by atoms with Gasteiger partial charge in [0, 0.05) is 24.0 Å². The number of benzene rings is 3. The van der Waals surface area contributed by atoms with E-state index in [0.717, 1.165) is 12.1 Å². The number of hydrogen-bond donors (Lipinski definition) is 1. The normalized spacial score (nSPS) is 11.0. The van der Waals surface area contributed by atoms with Gasteiger partial charge in [0.15, 0.2) is 6.61 Å². The lowest BCUT2D eigenvalue weighted by molar-refractivity contribution is -0.118. The first-order valence-corrected chi connectivity index (χ1v) is 10.8. The van der Waals surface area contributed by atoms with Crippen molar-refractivity contribution in [3.05, 3.63) is 90.0 Å². The molecule has 5 heteroatoms. The second-order valence-corrected chi connectivity index (χ2v) is 8.38. The molecule has 0 aromatic heterocycles. The van der Waals surface area contributed by atoms with Gasteiger partial charge in [-0.1, -0.05) is 51.1 Å². The molecule has 2 amide bonds. The lowest BCUT2D eigenvalue weighted by atomic mass is 9.82. The molecule has 0 aliphatic rings. The molecule has 32 heavy (non-hydrogen) atoms. The van der Waals surface area contributed by atoms with Gasteiger partial charge >= 0.3 is 0 Å². The molecule has 0 heterocycles. The van der Waals surface area contributed by atoms with Crippen molar-refractivity contribution in [3.63, 3.8) is 0 Å². The molecule has 0 bridgehead atoms. The number of nitrogens with one attached hydrogen (secondary N) is 1. The van der Waals surface area contributed by atoms with Gasteiger partial charge in [0.25, 0.3) is 11.8 Å². The van der Waals surface area contributed by atoms with Crippen LogP contribution in [0.1, 0.15) is 43.1 Å². The summed E-state index contributed by atoms with van der Waals surface area (Å²) in [6.45, 7) is 6.48. The summed E-state index contributed by atoms with van der Waals surface area (Å²) in [7, 11) is 1.74. The van der Waals surface area contributed by atoms with Crippen molar-refractivity contribution in [3.8, 4) is 5.75 Å². The van der Waals surface area contributed by atoms with Gasteiger partial charge in [-0.25, -0.2) is 0 Å². The zero-order valence-electron chi connectivity index (χ0n) is 19.1. The Labute approximate surface area is 190 Å². The SMILES string of the molecule is CCC(C)(C)c1ccc(OCC(=O)Nc2ccc(C(=O)N(C)c3ccccc3)cc2)cc1. The monoisotopic (exact) mass is 430 g/mol. The summed E-state index contributed by atoms with van der Waals surface area (Å²) in [5.74, 6) is 0.274. The standard InChI is InChI=1S/C27H30N2O3/c1-5-27(2,3)21-13-17-24(18-14-21)32-19-25(30)28-22-15-11-20(12-16-22)26(31)29(4)23-9-7-6-8-10-23/h6-18H,5,19H2,1-4H3,(H,28,30). The highest BCUT2D eigenvalue weighted by Gasteiger charge is 2.18. The number of anilines is 2. The first kappa shape index (κ1) is 23.1. The fourth-order valence-electron chi connectivity index (χ4n) is 3.21. The minimum absolute atomic E-state index is 0.0893. The Balaban J connectivity index is 1.53. The highest BCUT2D eigenvalue weighted by atomic mass is 16.5. The summed E-state index contributed by atoms with van der Waals surface area (Å²) in [6.07, 6.45) is 1.04. The van der Waals surface area contributed by atoms with Crippen molar-refractivity contribution in [1.82, 2.24) is 0 Å². The van der Waals surface area contributed by atoms with Crippen LogP contribution >= 0.6 is 0 Å². The van der Waals surface area contributed by atoms with Gasteiger partial charge in [0.05, 0.1) is 0 Å². The van der Waals surface area contributed by atoms with Crippen LogP contribution in [0.3, 0.4) is 0 Å². The van der Waals surface area contributed by atoms with E-state index in [9.17, 15) is 9.59 Å². The van der Waals surface area contributed by atoms with Crippen LogP contribution in [0.4, 0.5) is 11.4 Å². The van der Waals surface area contributed by atoms with Crippen LogP contribution in [0.25, 0.3) is 0 Å². The van der Waals surface area contributed by atoms with Gasteiger partial charge in [-0.15, -0.1) is 0 Å². The van der Waals surface area contributed by atoms with E-state index in [-0.39, 0.29) is 23.8 Å². The summed E-state index contributed by atoms with van der Waals surface area (Å²) in [5.41, 5.74) is 3.32. The predicted molar refractivity (Wildman–Crippen MR) is 130 cm³/mol. The average Bonchev–Trinajstić information content (AvgIpc) is 2.83. The Hall–Kier alpha value is -3.60. The molecular formula is C27H30N2O3. The molecule has 0 unspecified atom stereocenters. The lowest BCUT2D eigenvalue weighted by Crippen LogP contribution is -2.26. The molecule has 0 spiro atoms. The van der Waals surface area contributed by atoms with Crippen LogP contribution in [0, 0.1) is 0 Å². The zero-order chi connectivity index (χ0) is 23.1. The summed E-state index contributed by atoms with van der Waals surface area (Å²) in [4.78, 5) is 26.5. The second kappa shape index (κ2) is 10.1. The van der Waals surface area contributed by atoms with Gasteiger partial charge in [-0.2, -0.15) is 0 Å². The van der Waals surface area contributed by atoms with Crippen molar-refractivity contribution in [2.45, 2.75) is 32.6 Å². The minimum Gasteiger partial charge on any atom is -0.484 e. The highest BCUT2D eigenvalue weighted by Crippen LogP contribution is 2.28. The van der Waals surface area contributed by atoms with Gasteiger partial charge < -0.3 is 15.0 Å². The number of rotatable bonds is 8. The summed E-state index contributed by atoms with van der Waals surface area (Å²) >= 11 is 0. The summed E-state index contributed by atoms with van der Waals surface area (Å²) in [6, 6.07) is 24.1. The van der Waals surface area contributed by atoms with Crippen molar-refractivity contribution in [2.75, 3.05) is 23.9 Å². The van der Waals surface area contributed by atoms with E-state index in [1.165, 1.54) is 5.56 Å². The van der Waals surface area contributed by atoms with Crippen LogP contribution in [-0.4, -0.2) is 25.5 Å².